The zero-order valence-electron chi connectivity index (χ0n) is 17.3. The molecule has 27 heavy (non-hydrogen) atoms. The molecular formula is C23H32O4. The van der Waals surface area contributed by atoms with Crippen molar-refractivity contribution in [1.82, 2.24) is 0 Å². The van der Waals surface area contributed by atoms with Crippen molar-refractivity contribution in [2.75, 3.05) is 7.11 Å². The predicted molar refractivity (Wildman–Crippen MR) is 105 cm³/mol. The van der Waals surface area contributed by atoms with Crippen LogP contribution in [0.25, 0.3) is 0 Å². The van der Waals surface area contributed by atoms with Crippen LogP contribution in [0.1, 0.15) is 76.5 Å². The lowest BCUT2D eigenvalue weighted by Gasteiger charge is -2.54. The zero-order valence-corrected chi connectivity index (χ0v) is 17.3. The Labute approximate surface area is 162 Å². The molecule has 1 fully saturated rings. The van der Waals surface area contributed by atoms with Gasteiger partial charge < -0.3 is 9.47 Å². The summed E-state index contributed by atoms with van der Waals surface area (Å²) in [6.07, 6.45) is 6.78. The minimum Gasteiger partial charge on any atom is -0.469 e. The summed E-state index contributed by atoms with van der Waals surface area (Å²) < 4.78 is 10.8. The summed E-state index contributed by atoms with van der Waals surface area (Å²) in [4.78, 5) is 24.3. The Hall–Kier alpha value is -1.84. The van der Waals surface area contributed by atoms with Gasteiger partial charge in [-0.05, 0) is 73.1 Å². The number of esters is 2. The first-order valence-electron chi connectivity index (χ1n) is 10.2. The molecule has 0 aliphatic heterocycles. The maximum atomic E-state index is 12.7. The number of methoxy groups -OCH3 is 1. The highest BCUT2D eigenvalue weighted by Crippen LogP contribution is 2.58. The van der Waals surface area contributed by atoms with Gasteiger partial charge in [0.2, 0.25) is 0 Å². The maximum absolute atomic E-state index is 12.7. The lowest BCUT2D eigenvalue weighted by Crippen LogP contribution is -2.52. The number of hydrogen-bond donors (Lipinski definition) is 0. The highest BCUT2D eigenvalue weighted by molar-refractivity contribution is 5.77. The maximum Gasteiger partial charge on any atom is 0.311 e. The summed E-state index contributed by atoms with van der Waals surface area (Å²) in [6.45, 7) is 7.95. The highest BCUT2D eigenvalue weighted by atomic mass is 16.5. The van der Waals surface area contributed by atoms with Crippen molar-refractivity contribution >= 4 is 11.9 Å². The molecule has 2 aliphatic carbocycles. The molecule has 1 saturated carbocycles. The third-order valence-electron chi connectivity index (χ3n) is 6.96. The van der Waals surface area contributed by atoms with Gasteiger partial charge in [-0.2, -0.15) is 0 Å². The summed E-state index contributed by atoms with van der Waals surface area (Å²) in [6, 6.07) is 4.33. The Balaban J connectivity index is 2.10. The van der Waals surface area contributed by atoms with E-state index in [9.17, 15) is 9.59 Å². The molecule has 0 radical (unpaired) electrons. The van der Waals surface area contributed by atoms with E-state index in [2.05, 4.69) is 32.9 Å². The molecule has 3 rings (SSSR count). The van der Waals surface area contributed by atoms with Crippen LogP contribution in [0.4, 0.5) is 0 Å². The first kappa shape index (κ1) is 19.9. The van der Waals surface area contributed by atoms with Crippen LogP contribution < -0.4 is 4.74 Å². The second-order valence-corrected chi connectivity index (χ2v) is 8.73. The third-order valence-corrected chi connectivity index (χ3v) is 6.96. The average Bonchev–Trinajstić information content (AvgIpc) is 2.61. The Morgan fingerprint density at radius 3 is 2.59 bits per heavy atom. The van der Waals surface area contributed by atoms with Gasteiger partial charge in [0.15, 0.2) is 0 Å². The van der Waals surface area contributed by atoms with E-state index in [-0.39, 0.29) is 23.3 Å². The third kappa shape index (κ3) is 3.28. The van der Waals surface area contributed by atoms with E-state index in [0.29, 0.717) is 5.75 Å². The SMILES string of the molecule is CCCc1cc2c(cc1OC(C)=O)[C@@]1(C)CCC[C@@](C)(C(=O)OC)C1CC2. The van der Waals surface area contributed by atoms with Gasteiger partial charge >= 0.3 is 11.9 Å². The van der Waals surface area contributed by atoms with Crippen molar-refractivity contribution < 1.29 is 19.1 Å². The molecule has 1 aromatic rings. The summed E-state index contributed by atoms with van der Waals surface area (Å²) in [5.41, 5.74) is 3.16. The molecule has 1 aromatic carbocycles. The van der Waals surface area contributed by atoms with Gasteiger partial charge in [-0.25, -0.2) is 0 Å². The van der Waals surface area contributed by atoms with E-state index in [1.807, 2.05) is 0 Å². The van der Waals surface area contributed by atoms with Crippen molar-refractivity contribution in [3.8, 4) is 5.75 Å². The molecule has 0 saturated heterocycles. The van der Waals surface area contributed by atoms with E-state index >= 15 is 0 Å². The standard InChI is InChI=1S/C23H32O4/c1-6-8-17-13-16-9-10-20-22(3,18(16)14-19(17)27-15(2)24)11-7-12-23(20,4)21(25)26-5/h13-14,20H,6-12H2,1-5H3/t20?,22-,23-/m1/s1. The Kier molecular flexibility index (Phi) is 5.38. The summed E-state index contributed by atoms with van der Waals surface area (Å²) in [7, 11) is 1.49. The molecular weight excluding hydrogens is 340 g/mol. The van der Waals surface area contributed by atoms with E-state index < -0.39 is 5.41 Å². The number of ether oxygens (including phenoxy) is 2. The minimum atomic E-state index is -0.455. The van der Waals surface area contributed by atoms with Crippen molar-refractivity contribution in [3.05, 3.63) is 28.8 Å². The van der Waals surface area contributed by atoms with Crippen LogP contribution in [-0.2, 0) is 32.6 Å². The molecule has 3 atom stereocenters. The van der Waals surface area contributed by atoms with E-state index in [4.69, 9.17) is 9.47 Å². The molecule has 0 amide bonds. The van der Waals surface area contributed by atoms with Gasteiger partial charge in [-0.1, -0.05) is 32.8 Å². The molecule has 4 nitrogen and oxygen atoms in total. The quantitative estimate of drug-likeness (QED) is 0.565. The molecule has 148 valence electrons. The number of fused-ring (bicyclic) bond motifs is 3. The zero-order chi connectivity index (χ0) is 19.8. The topological polar surface area (TPSA) is 52.6 Å². The smallest absolute Gasteiger partial charge is 0.311 e. The molecule has 0 bridgehead atoms. The molecule has 0 spiro atoms. The number of rotatable bonds is 4. The Morgan fingerprint density at radius 2 is 1.96 bits per heavy atom. The number of benzene rings is 1. The fourth-order valence-corrected chi connectivity index (χ4v) is 5.74. The Bertz CT molecular complexity index is 753. The first-order valence-corrected chi connectivity index (χ1v) is 10.2. The number of aryl methyl sites for hydroxylation is 2. The number of carbonyl (C=O) groups is 2. The summed E-state index contributed by atoms with van der Waals surface area (Å²) >= 11 is 0. The van der Waals surface area contributed by atoms with Crippen LogP contribution in [0.2, 0.25) is 0 Å². The lowest BCUT2D eigenvalue weighted by atomic mass is 9.49. The van der Waals surface area contributed by atoms with Crippen LogP contribution in [0.5, 0.6) is 5.75 Å². The fraction of sp³-hybridized carbons (Fsp3) is 0.652. The second kappa shape index (κ2) is 7.29. The van der Waals surface area contributed by atoms with Gasteiger partial charge in [0, 0.05) is 6.92 Å². The Morgan fingerprint density at radius 1 is 1.22 bits per heavy atom. The van der Waals surface area contributed by atoms with Crippen molar-refractivity contribution in [2.24, 2.45) is 11.3 Å². The van der Waals surface area contributed by atoms with E-state index in [1.165, 1.54) is 25.2 Å². The van der Waals surface area contributed by atoms with Crippen LogP contribution in [0.15, 0.2) is 12.1 Å². The summed E-state index contributed by atoms with van der Waals surface area (Å²) in [5, 5.41) is 0. The lowest BCUT2D eigenvalue weighted by molar-refractivity contribution is -0.161. The van der Waals surface area contributed by atoms with Gasteiger partial charge in [0.25, 0.3) is 0 Å². The largest absolute Gasteiger partial charge is 0.469 e. The average molecular weight is 373 g/mol. The first-order chi connectivity index (χ1) is 12.8. The van der Waals surface area contributed by atoms with Gasteiger partial charge in [0.1, 0.15) is 5.75 Å². The molecule has 0 aromatic heterocycles. The number of hydrogen-bond acceptors (Lipinski definition) is 4. The molecule has 1 unspecified atom stereocenters. The molecule has 0 N–H and O–H groups in total. The van der Waals surface area contributed by atoms with Gasteiger partial charge in [-0.3, -0.25) is 9.59 Å². The van der Waals surface area contributed by atoms with Gasteiger partial charge in [-0.15, -0.1) is 0 Å². The van der Waals surface area contributed by atoms with Gasteiger partial charge in [0.05, 0.1) is 12.5 Å². The highest BCUT2D eigenvalue weighted by Gasteiger charge is 2.55. The second-order valence-electron chi connectivity index (χ2n) is 8.73. The fourth-order valence-electron chi connectivity index (χ4n) is 5.74. The van der Waals surface area contributed by atoms with Crippen LogP contribution in [0, 0.1) is 11.3 Å². The van der Waals surface area contributed by atoms with Crippen LogP contribution >= 0.6 is 0 Å². The minimum absolute atomic E-state index is 0.0929. The summed E-state index contributed by atoms with van der Waals surface area (Å²) in [5.74, 6) is 0.550. The van der Waals surface area contributed by atoms with Crippen LogP contribution in [0.3, 0.4) is 0 Å². The van der Waals surface area contributed by atoms with E-state index in [0.717, 1.165) is 50.5 Å². The predicted octanol–water partition coefficient (Wildman–Crippen LogP) is 4.75. The monoisotopic (exact) mass is 372 g/mol. The van der Waals surface area contributed by atoms with Crippen LogP contribution in [-0.4, -0.2) is 19.0 Å². The normalized spacial score (nSPS) is 29.4. The molecule has 4 heteroatoms. The molecule has 2 aliphatic rings. The van der Waals surface area contributed by atoms with Crippen molar-refractivity contribution in [3.63, 3.8) is 0 Å². The molecule has 0 heterocycles. The number of carbonyl (C=O) groups excluding carboxylic acids is 2. The van der Waals surface area contributed by atoms with E-state index in [1.54, 1.807) is 0 Å². The van der Waals surface area contributed by atoms with Crippen molar-refractivity contribution in [2.45, 2.75) is 78.1 Å². The van der Waals surface area contributed by atoms with Crippen molar-refractivity contribution in [1.29, 1.82) is 0 Å².